The summed E-state index contributed by atoms with van der Waals surface area (Å²) in [6.45, 7) is 3.80. The van der Waals surface area contributed by atoms with Crippen LogP contribution < -0.4 is 16.1 Å². The number of anilines is 1. The standard InChI is InChI=1S/C24H22N2O5S/c1-12(2)25-22(29)19-14-8-4-6-10-18(14)32-23(19)26-21(28)17-11-15-20(27)13-7-3-5-9-16(13)30-24(15)31-17/h3,5,7,9,11-12H,4,6,8,10H2,1-2H3,(H,25,29)(H,26,28). The summed E-state index contributed by atoms with van der Waals surface area (Å²) in [6, 6.07) is 8.23. The van der Waals surface area contributed by atoms with E-state index in [4.69, 9.17) is 8.83 Å². The summed E-state index contributed by atoms with van der Waals surface area (Å²) in [5.74, 6) is -0.765. The smallest absolute Gasteiger partial charge is 0.302 e. The zero-order valence-corrected chi connectivity index (χ0v) is 18.6. The highest BCUT2D eigenvalue weighted by molar-refractivity contribution is 7.17. The number of carbonyl (C=O) groups is 2. The molecule has 32 heavy (non-hydrogen) atoms. The van der Waals surface area contributed by atoms with Gasteiger partial charge in [-0.2, -0.15) is 0 Å². The quantitative estimate of drug-likeness (QED) is 0.462. The Labute approximate surface area is 187 Å². The summed E-state index contributed by atoms with van der Waals surface area (Å²) in [5, 5.41) is 6.91. The molecule has 0 fully saturated rings. The molecule has 5 rings (SSSR count). The lowest BCUT2D eigenvalue weighted by molar-refractivity contribution is 0.0943. The first-order valence-electron chi connectivity index (χ1n) is 10.6. The maximum absolute atomic E-state index is 13.0. The van der Waals surface area contributed by atoms with Crippen LogP contribution in [-0.2, 0) is 12.8 Å². The van der Waals surface area contributed by atoms with Crippen molar-refractivity contribution in [2.24, 2.45) is 0 Å². The van der Waals surface area contributed by atoms with Crippen LogP contribution in [0.3, 0.4) is 0 Å². The summed E-state index contributed by atoms with van der Waals surface area (Å²) in [5.41, 5.74) is 1.68. The van der Waals surface area contributed by atoms with Crippen molar-refractivity contribution in [1.82, 2.24) is 5.32 Å². The van der Waals surface area contributed by atoms with Crippen LogP contribution in [0.15, 0.2) is 44.0 Å². The third-order valence-electron chi connectivity index (χ3n) is 5.55. The lowest BCUT2D eigenvalue weighted by atomic mass is 9.95. The molecule has 0 atom stereocenters. The van der Waals surface area contributed by atoms with Crippen molar-refractivity contribution in [2.45, 2.75) is 45.6 Å². The molecule has 0 unspecified atom stereocenters. The van der Waals surface area contributed by atoms with E-state index in [0.29, 0.717) is 21.5 Å². The van der Waals surface area contributed by atoms with Gasteiger partial charge in [0.2, 0.25) is 5.43 Å². The Balaban J connectivity index is 1.52. The number of carbonyl (C=O) groups excluding carboxylic acids is 2. The van der Waals surface area contributed by atoms with Gasteiger partial charge in [0.05, 0.1) is 10.9 Å². The Morgan fingerprint density at radius 2 is 1.81 bits per heavy atom. The predicted octanol–water partition coefficient (Wildman–Crippen LogP) is 4.87. The van der Waals surface area contributed by atoms with Gasteiger partial charge in [-0.15, -0.1) is 11.3 Å². The van der Waals surface area contributed by atoms with Crippen LogP contribution >= 0.6 is 11.3 Å². The van der Waals surface area contributed by atoms with Gasteiger partial charge >= 0.3 is 5.78 Å². The average molecular weight is 451 g/mol. The lowest BCUT2D eigenvalue weighted by Gasteiger charge is -2.14. The van der Waals surface area contributed by atoms with Gasteiger partial charge in [-0.1, -0.05) is 12.1 Å². The van der Waals surface area contributed by atoms with E-state index in [1.54, 1.807) is 24.3 Å². The van der Waals surface area contributed by atoms with Gasteiger partial charge in [0.25, 0.3) is 11.8 Å². The number of hydrogen-bond donors (Lipinski definition) is 2. The van der Waals surface area contributed by atoms with Crippen LogP contribution in [0.25, 0.3) is 22.1 Å². The highest BCUT2D eigenvalue weighted by atomic mass is 32.1. The Hall–Kier alpha value is -3.39. The second kappa shape index (κ2) is 7.94. The third-order valence-corrected chi connectivity index (χ3v) is 6.75. The van der Waals surface area contributed by atoms with E-state index in [1.165, 1.54) is 17.4 Å². The second-order valence-corrected chi connectivity index (χ2v) is 9.34. The van der Waals surface area contributed by atoms with Crippen LogP contribution in [0.4, 0.5) is 5.00 Å². The van der Waals surface area contributed by atoms with Crippen molar-refractivity contribution in [2.75, 3.05) is 5.32 Å². The molecule has 0 saturated heterocycles. The van der Waals surface area contributed by atoms with E-state index in [9.17, 15) is 14.4 Å². The highest BCUT2D eigenvalue weighted by Crippen LogP contribution is 2.38. The van der Waals surface area contributed by atoms with Crippen molar-refractivity contribution in [3.63, 3.8) is 0 Å². The molecule has 1 aromatic carbocycles. The first-order chi connectivity index (χ1) is 15.4. The minimum atomic E-state index is -0.531. The molecule has 0 saturated carbocycles. The number of fused-ring (bicyclic) bond motifs is 3. The van der Waals surface area contributed by atoms with E-state index in [-0.39, 0.29) is 34.3 Å². The number of furan rings is 1. The summed E-state index contributed by atoms with van der Waals surface area (Å²) in [4.78, 5) is 39.8. The molecular formula is C24H22N2O5S. The molecule has 164 valence electrons. The number of hydrogen-bond acceptors (Lipinski definition) is 6. The summed E-state index contributed by atoms with van der Waals surface area (Å²) >= 11 is 1.43. The van der Waals surface area contributed by atoms with Crippen molar-refractivity contribution >= 4 is 50.3 Å². The predicted molar refractivity (Wildman–Crippen MR) is 124 cm³/mol. The number of rotatable bonds is 4. The molecule has 7 nitrogen and oxygen atoms in total. The monoisotopic (exact) mass is 450 g/mol. The van der Waals surface area contributed by atoms with E-state index >= 15 is 0 Å². The maximum Gasteiger partial charge on any atom is 0.302 e. The first kappa shape index (κ1) is 20.5. The molecule has 1 aliphatic rings. The molecule has 3 heterocycles. The van der Waals surface area contributed by atoms with Crippen molar-refractivity contribution in [1.29, 1.82) is 0 Å². The molecular weight excluding hydrogens is 428 g/mol. The number of nitrogens with one attached hydrogen (secondary N) is 2. The SMILES string of the molecule is CC(C)NC(=O)c1c(NC(=O)c2cc3c(=O)c4ccccc4oc3o2)sc2c1CCCC2. The first-order valence-corrected chi connectivity index (χ1v) is 11.5. The Kier molecular flexibility index (Phi) is 5.09. The lowest BCUT2D eigenvalue weighted by Crippen LogP contribution is -2.31. The van der Waals surface area contributed by atoms with Crippen molar-refractivity contribution < 1.29 is 18.4 Å². The van der Waals surface area contributed by atoms with Crippen LogP contribution in [0.5, 0.6) is 0 Å². The maximum atomic E-state index is 13.0. The van der Waals surface area contributed by atoms with E-state index in [0.717, 1.165) is 36.1 Å². The highest BCUT2D eigenvalue weighted by Gasteiger charge is 2.28. The third kappa shape index (κ3) is 3.50. The van der Waals surface area contributed by atoms with E-state index in [1.807, 2.05) is 13.8 Å². The molecule has 3 aromatic heterocycles. The topological polar surface area (TPSA) is 102 Å². The number of amides is 2. The molecule has 0 radical (unpaired) electrons. The molecule has 2 N–H and O–H groups in total. The molecule has 0 bridgehead atoms. The van der Waals surface area contributed by atoms with Gasteiger partial charge in [0.15, 0.2) is 5.76 Å². The summed E-state index contributed by atoms with van der Waals surface area (Å²) in [7, 11) is 0. The van der Waals surface area contributed by atoms with Crippen LogP contribution in [0.1, 0.15) is 58.0 Å². The van der Waals surface area contributed by atoms with Gasteiger partial charge in [-0.25, -0.2) is 0 Å². The summed E-state index contributed by atoms with van der Waals surface area (Å²) < 4.78 is 11.3. The Bertz CT molecular complexity index is 1430. The van der Waals surface area contributed by atoms with Gasteiger partial charge in [-0.3, -0.25) is 14.4 Å². The average Bonchev–Trinajstić information content (AvgIpc) is 3.35. The fraction of sp³-hybridized carbons (Fsp3) is 0.292. The second-order valence-electron chi connectivity index (χ2n) is 8.24. The Morgan fingerprint density at radius 3 is 2.62 bits per heavy atom. The zero-order chi connectivity index (χ0) is 22.4. The van der Waals surface area contributed by atoms with E-state index < -0.39 is 5.91 Å². The number of thiophene rings is 1. The number of aryl methyl sites for hydroxylation is 1. The fourth-order valence-corrected chi connectivity index (χ4v) is 5.38. The van der Waals surface area contributed by atoms with Crippen LogP contribution in [0.2, 0.25) is 0 Å². The largest absolute Gasteiger partial charge is 0.425 e. The molecule has 0 spiro atoms. The molecule has 2 amide bonds. The van der Waals surface area contributed by atoms with Crippen molar-refractivity contribution in [3.8, 4) is 0 Å². The van der Waals surface area contributed by atoms with E-state index in [2.05, 4.69) is 10.6 Å². The molecule has 8 heteroatoms. The molecule has 0 aliphatic heterocycles. The fourth-order valence-electron chi connectivity index (χ4n) is 4.10. The Morgan fingerprint density at radius 1 is 1.03 bits per heavy atom. The molecule has 1 aliphatic carbocycles. The zero-order valence-electron chi connectivity index (χ0n) is 17.7. The normalized spacial score (nSPS) is 13.5. The minimum absolute atomic E-state index is 0.00194. The van der Waals surface area contributed by atoms with Gasteiger partial charge in [0.1, 0.15) is 16.0 Å². The van der Waals surface area contributed by atoms with Gasteiger partial charge < -0.3 is 19.5 Å². The minimum Gasteiger partial charge on any atom is -0.425 e. The molecule has 4 aromatic rings. The summed E-state index contributed by atoms with van der Waals surface area (Å²) in [6.07, 6.45) is 3.80. The van der Waals surface area contributed by atoms with Crippen LogP contribution in [0, 0.1) is 0 Å². The van der Waals surface area contributed by atoms with Gasteiger partial charge in [-0.05, 0) is 57.2 Å². The number of para-hydroxylation sites is 1. The number of benzene rings is 1. The van der Waals surface area contributed by atoms with Gasteiger partial charge in [0, 0.05) is 17.0 Å². The van der Waals surface area contributed by atoms with Crippen molar-refractivity contribution in [3.05, 3.63) is 62.3 Å². The van der Waals surface area contributed by atoms with Crippen LogP contribution in [-0.4, -0.2) is 17.9 Å².